The van der Waals surface area contributed by atoms with Gasteiger partial charge in [-0.3, -0.25) is 0 Å². The van der Waals surface area contributed by atoms with Crippen LogP contribution in [-0.2, 0) is 6.54 Å². The minimum absolute atomic E-state index is 0.209. The SMILES string of the molecule is CCCn1c(-c2ccc(Br)c(O)c2)nc2ccc(Cl)cc21. The molecule has 21 heavy (non-hydrogen) atoms. The second-order valence-electron chi connectivity index (χ2n) is 4.89. The molecular formula is C16H14BrClN2O. The van der Waals surface area contributed by atoms with Gasteiger partial charge in [-0.1, -0.05) is 18.5 Å². The third kappa shape index (κ3) is 2.65. The van der Waals surface area contributed by atoms with Gasteiger partial charge in [0.15, 0.2) is 0 Å². The highest BCUT2D eigenvalue weighted by Gasteiger charge is 2.13. The van der Waals surface area contributed by atoms with Crippen LogP contribution in [0.3, 0.4) is 0 Å². The minimum atomic E-state index is 0.209. The number of aromatic nitrogens is 2. The van der Waals surface area contributed by atoms with E-state index in [1.54, 1.807) is 6.07 Å². The Bertz CT molecular complexity index is 813. The fourth-order valence-electron chi connectivity index (χ4n) is 2.42. The Kier molecular flexibility index (Phi) is 3.91. The summed E-state index contributed by atoms with van der Waals surface area (Å²) < 4.78 is 2.82. The second-order valence-corrected chi connectivity index (χ2v) is 6.18. The molecule has 0 saturated heterocycles. The standard InChI is InChI=1S/C16H14BrClN2O/c1-2-7-20-14-9-11(18)4-6-13(14)19-16(20)10-3-5-12(17)15(21)8-10/h3-6,8-9,21H,2,7H2,1H3. The molecule has 0 radical (unpaired) electrons. The molecule has 0 fully saturated rings. The van der Waals surface area contributed by atoms with Crippen LogP contribution >= 0.6 is 27.5 Å². The topological polar surface area (TPSA) is 38.0 Å². The number of aromatic hydroxyl groups is 1. The first-order valence-electron chi connectivity index (χ1n) is 6.75. The monoisotopic (exact) mass is 364 g/mol. The molecule has 1 aromatic heterocycles. The average molecular weight is 366 g/mol. The van der Waals surface area contributed by atoms with E-state index >= 15 is 0 Å². The molecule has 1 N–H and O–H groups in total. The van der Waals surface area contributed by atoms with Gasteiger partial charge in [-0.25, -0.2) is 4.98 Å². The highest BCUT2D eigenvalue weighted by molar-refractivity contribution is 9.10. The molecule has 0 aliphatic carbocycles. The van der Waals surface area contributed by atoms with E-state index in [0.717, 1.165) is 35.4 Å². The molecular weight excluding hydrogens is 352 g/mol. The van der Waals surface area contributed by atoms with E-state index in [1.165, 1.54) is 0 Å². The molecule has 3 aromatic rings. The maximum atomic E-state index is 9.90. The molecule has 0 spiro atoms. The highest BCUT2D eigenvalue weighted by atomic mass is 79.9. The molecule has 0 atom stereocenters. The molecule has 3 nitrogen and oxygen atoms in total. The molecule has 0 aliphatic rings. The van der Waals surface area contributed by atoms with Gasteiger partial charge in [-0.2, -0.15) is 0 Å². The van der Waals surface area contributed by atoms with Crippen LogP contribution in [0.25, 0.3) is 22.4 Å². The van der Waals surface area contributed by atoms with Crippen LogP contribution in [0.2, 0.25) is 5.02 Å². The first kappa shape index (κ1) is 14.4. The summed E-state index contributed by atoms with van der Waals surface area (Å²) in [6.07, 6.45) is 0.994. The van der Waals surface area contributed by atoms with E-state index < -0.39 is 0 Å². The zero-order valence-electron chi connectivity index (χ0n) is 11.5. The quantitative estimate of drug-likeness (QED) is 0.689. The summed E-state index contributed by atoms with van der Waals surface area (Å²) in [6.45, 7) is 2.97. The molecule has 0 unspecified atom stereocenters. The molecule has 108 valence electrons. The summed E-state index contributed by atoms with van der Waals surface area (Å²) >= 11 is 9.41. The van der Waals surface area contributed by atoms with Crippen LogP contribution in [0.15, 0.2) is 40.9 Å². The van der Waals surface area contributed by atoms with Crippen molar-refractivity contribution in [3.8, 4) is 17.1 Å². The van der Waals surface area contributed by atoms with Crippen molar-refractivity contribution in [3.05, 3.63) is 45.9 Å². The number of phenols is 1. The molecule has 0 amide bonds. The molecule has 2 aromatic carbocycles. The Labute approximate surface area is 136 Å². The summed E-state index contributed by atoms with van der Waals surface area (Å²) in [7, 11) is 0. The summed E-state index contributed by atoms with van der Waals surface area (Å²) in [4.78, 5) is 4.69. The number of fused-ring (bicyclic) bond motifs is 1. The van der Waals surface area contributed by atoms with Gasteiger partial charge in [0.05, 0.1) is 15.5 Å². The van der Waals surface area contributed by atoms with E-state index in [-0.39, 0.29) is 5.75 Å². The van der Waals surface area contributed by atoms with E-state index in [4.69, 9.17) is 16.6 Å². The molecule has 1 heterocycles. The van der Waals surface area contributed by atoms with Gasteiger partial charge < -0.3 is 9.67 Å². The molecule has 0 bridgehead atoms. The Morgan fingerprint density at radius 1 is 1.24 bits per heavy atom. The van der Waals surface area contributed by atoms with E-state index in [1.807, 2.05) is 30.3 Å². The van der Waals surface area contributed by atoms with Gasteiger partial charge in [0.1, 0.15) is 11.6 Å². The number of rotatable bonds is 3. The zero-order valence-corrected chi connectivity index (χ0v) is 13.8. The predicted octanol–water partition coefficient (Wildman–Crippen LogP) is 5.23. The van der Waals surface area contributed by atoms with Gasteiger partial charge in [0, 0.05) is 17.1 Å². The normalized spacial score (nSPS) is 11.2. The molecule has 3 rings (SSSR count). The number of halogens is 2. The Morgan fingerprint density at radius 2 is 2.05 bits per heavy atom. The maximum Gasteiger partial charge on any atom is 0.141 e. The van der Waals surface area contributed by atoms with Gasteiger partial charge in [-0.15, -0.1) is 0 Å². The maximum absolute atomic E-state index is 9.90. The van der Waals surface area contributed by atoms with Crippen molar-refractivity contribution in [2.24, 2.45) is 0 Å². The summed E-state index contributed by atoms with van der Waals surface area (Å²) in [6, 6.07) is 11.2. The fraction of sp³-hybridized carbons (Fsp3) is 0.188. The Hall–Kier alpha value is -1.52. The minimum Gasteiger partial charge on any atom is -0.507 e. The summed E-state index contributed by atoms with van der Waals surface area (Å²) in [5.74, 6) is 1.05. The number of phenolic OH excluding ortho intramolecular Hbond substituents is 1. The number of imidazole rings is 1. The summed E-state index contributed by atoms with van der Waals surface area (Å²) in [5.41, 5.74) is 2.81. The highest BCUT2D eigenvalue weighted by Crippen LogP contribution is 2.32. The van der Waals surface area contributed by atoms with Crippen molar-refractivity contribution < 1.29 is 5.11 Å². The largest absolute Gasteiger partial charge is 0.507 e. The molecule has 5 heteroatoms. The zero-order chi connectivity index (χ0) is 15.0. The number of benzene rings is 2. The summed E-state index contributed by atoms with van der Waals surface area (Å²) in [5, 5.41) is 10.6. The second kappa shape index (κ2) is 5.70. The van der Waals surface area contributed by atoms with Crippen LogP contribution in [0.5, 0.6) is 5.75 Å². The van der Waals surface area contributed by atoms with Crippen molar-refractivity contribution in [2.75, 3.05) is 0 Å². The lowest BCUT2D eigenvalue weighted by molar-refractivity contribution is 0.472. The van der Waals surface area contributed by atoms with Crippen LogP contribution < -0.4 is 0 Å². The van der Waals surface area contributed by atoms with E-state index in [9.17, 15) is 5.11 Å². The molecule has 0 saturated carbocycles. The third-order valence-corrected chi connectivity index (χ3v) is 4.27. The first-order valence-corrected chi connectivity index (χ1v) is 7.92. The number of nitrogens with zero attached hydrogens (tertiary/aromatic N) is 2. The average Bonchev–Trinajstić information content (AvgIpc) is 2.81. The van der Waals surface area contributed by atoms with Gasteiger partial charge in [0.2, 0.25) is 0 Å². The molecule has 0 aliphatic heterocycles. The smallest absolute Gasteiger partial charge is 0.141 e. The number of hydrogen-bond acceptors (Lipinski definition) is 2. The number of hydrogen-bond donors (Lipinski definition) is 1. The van der Waals surface area contributed by atoms with Gasteiger partial charge >= 0.3 is 0 Å². The lowest BCUT2D eigenvalue weighted by atomic mass is 10.2. The van der Waals surface area contributed by atoms with Crippen LogP contribution in [0.4, 0.5) is 0 Å². The van der Waals surface area contributed by atoms with E-state index in [0.29, 0.717) is 9.50 Å². The van der Waals surface area contributed by atoms with Gasteiger partial charge in [0.25, 0.3) is 0 Å². The lowest BCUT2D eigenvalue weighted by Gasteiger charge is -2.08. The Morgan fingerprint density at radius 3 is 2.76 bits per heavy atom. The van der Waals surface area contributed by atoms with Gasteiger partial charge in [-0.05, 0) is 58.7 Å². The number of aryl methyl sites for hydroxylation is 1. The predicted molar refractivity (Wildman–Crippen MR) is 89.8 cm³/mol. The third-order valence-electron chi connectivity index (χ3n) is 3.36. The van der Waals surface area contributed by atoms with Crippen molar-refractivity contribution in [1.82, 2.24) is 9.55 Å². The van der Waals surface area contributed by atoms with Crippen LogP contribution in [-0.4, -0.2) is 14.7 Å². The van der Waals surface area contributed by atoms with Crippen molar-refractivity contribution in [1.29, 1.82) is 0 Å². The lowest BCUT2D eigenvalue weighted by Crippen LogP contribution is -1.99. The van der Waals surface area contributed by atoms with Crippen molar-refractivity contribution in [2.45, 2.75) is 19.9 Å². The van der Waals surface area contributed by atoms with E-state index in [2.05, 4.69) is 27.4 Å². The first-order chi connectivity index (χ1) is 10.1. The van der Waals surface area contributed by atoms with Crippen molar-refractivity contribution in [3.63, 3.8) is 0 Å². The fourth-order valence-corrected chi connectivity index (χ4v) is 2.83. The van der Waals surface area contributed by atoms with Crippen molar-refractivity contribution >= 4 is 38.6 Å². The van der Waals surface area contributed by atoms with Crippen LogP contribution in [0, 0.1) is 0 Å². The van der Waals surface area contributed by atoms with Crippen LogP contribution in [0.1, 0.15) is 13.3 Å². The Balaban J connectivity index is 2.25.